The minimum absolute atomic E-state index is 0. The first kappa shape index (κ1) is 103. The summed E-state index contributed by atoms with van der Waals surface area (Å²) in [5.74, 6) is 0. The summed E-state index contributed by atoms with van der Waals surface area (Å²) in [7, 11) is -51.8. The van der Waals surface area contributed by atoms with Crippen LogP contribution in [0.25, 0.3) is 0 Å². The standard InChI is InChI=1S/C12H24O37S9.9K.H2O/c13-50(14)44-8-4(1-39-51(15,16)17)42-12(11(49-58(36,37)38)10(8)48-57(33,34)35)43-7(5(45-54(24,25)26)2-40-52(18,19)20)9(47-56(30,31)32)6(46-55(27,28)29)3-41-53(21,22)23;;;;;;;;;;/h4-12H,1-3H2,(H,13,14)(H,15,16,17)(H,18,19,20)(H,21,22,23)(H,24,25,26)(H,27,28,29)(H,30,31,32)(H,33,34,35)(H,36,37,38);;;;;;;;;;1H2/q;9*+1;/p-10/t4-,5-,6+,7-,8-,9-,10+,11-,12+;;;;;;;;;;/m1........../s1. The van der Waals surface area contributed by atoms with Crippen LogP contribution >= 0.6 is 0 Å². The Balaban J connectivity index is -0.000000420. The molecule has 0 aliphatic carbocycles. The molecule has 0 aromatic carbocycles. The van der Waals surface area contributed by atoms with Crippen molar-refractivity contribution in [2.24, 2.45) is 0 Å². The third-order valence-corrected chi connectivity index (χ3v) is 9.42. The van der Waals surface area contributed by atoms with E-state index in [9.17, 15) is 113 Å². The molecule has 0 radical (unpaired) electrons. The first-order valence-electron chi connectivity index (χ1n) is 12.6. The first-order valence-corrected chi connectivity index (χ1v) is 24.3. The van der Waals surface area contributed by atoms with E-state index >= 15 is 0 Å². The molecule has 1 aliphatic heterocycles. The number of ether oxygens (including phenoxy) is 2. The third kappa shape index (κ3) is 52.7. The van der Waals surface area contributed by atoms with Crippen LogP contribution < -0.4 is 462 Å². The Bertz CT molecular complexity index is 2370. The molecule has 1 unspecified atom stereocenters. The molecule has 0 aromatic rings. The van der Waals surface area contributed by atoms with Gasteiger partial charge in [-0.25, -0.2) is 71.6 Å². The van der Waals surface area contributed by atoms with Crippen molar-refractivity contribution in [3.05, 3.63) is 0 Å². The quantitative estimate of drug-likeness (QED) is 0.0336. The number of rotatable bonds is 26. The van der Waals surface area contributed by atoms with Gasteiger partial charge in [-0.2, -0.15) is 0 Å². The van der Waals surface area contributed by atoms with Gasteiger partial charge < -0.3 is 55.9 Å². The summed E-state index contributed by atoms with van der Waals surface area (Å²) in [5.41, 5.74) is 0. The predicted molar refractivity (Wildman–Crippen MR) is 149 cm³/mol. The van der Waals surface area contributed by atoms with Crippen molar-refractivity contribution in [3.63, 3.8) is 0 Å². The minimum atomic E-state index is -6.79. The van der Waals surface area contributed by atoms with Gasteiger partial charge >= 0.3 is 462 Å². The zero-order chi connectivity index (χ0) is 45.7. The van der Waals surface area contributed by atoms with Crippen molar-refractivity contribution in [2.45, 2.75) is 55.1 Å². The molecule has 1 heterocycles. The van der Waals surface area contributed by atoms with Crippen molar-refractivity contribution < 1.29 is 628 Å². The average Bonchev–Trinajstić information content (AvgIpc) is 2.92. The van der Waals surface area contributed by atoms with Crippen LogP contribution in [0.15, 0.2) is 0 Å². The van der Waals surface area contributed by atoms with E-state index in [1.807, 2.05) is 0 Å². The van der Waals surface area contributed by atoms with Crippen LogP contribution in [0.3, 0.4) is 0 Å². The molecule has 68 heavy (non-hydrogen) atoms. The molecule has 1 saturated heterocycles. The van der Waals surface area contributed by atoms with Gasteiger partial charge in [0.25, 0.3) is 0 Å². The number of hydrogen-bond acceptors (Lipinski definition) is 38. The van der Waals surface area contributed by atoms with Crippen molar-refractivity contribution in [2.75, 3.05) is 19.8 Å². The number of hydrogen-bond donors (Lipinski definition) is 0. The topological polar surface area (TPSA) is 629 Å². The van der Waals surface area contributed by atoms with Gasteiger partial charge in [0, 0.05) is 0 Å². The molecule has 38 nitrogen and oxygen atoms in total. The monoisotopic (exact) mass is 1410 g/mol. The van der Waals surface area contributed by atoms with Crippen LogP contribution in [-0.4, -0.2) is 193 Å². The van der Waals surface area contributed by atoms with Gasteiger partial charge in [-0.05, 0) is 0 Å². The van der Waals surface area contributed by atoms with E-state index in [-0.39, 0.29) is 468 Å². The van der Waals surface area contributed by atoms with Crippen LogP contribution in [0.5, 0.6) is 0 Å². The summed E-state index contributed by atoms with van der Waals surface area (Å²) >= 11 is -4.14. The second-order valence-electron chi connectivity index (χ2n) is 9.48. The van der Waals surface area contributed by atoms with Crippen molar-refractivity contribution in [1.82, 2.24) is 0 Å². The van der Waals surface area contributed by atoms with Crippen molar-refractivity contribution >= 4 is 94.6 Å². The summed E-state index contributed by atoms with van der Waals surface area (Å²) in [4.78, 5) is 0. The Morgan fingerprint density at radius 3 is 1.06 bits per heavy atom. The van der Waals surface area contributed by atoms with E-state index in [0.717, 1.165) is 0 Å². The zero-order valence-corrected chi connectivity index (χ0v) is 71.0. The fourth-order valence-electron chi connectivity index (χ4n) is 3.92. The van der Waals surface area contributed by atoms with Crippen LogP contribution in [0, 0.1) is 0 Å². The predicted octanol–water partition coefficient (Wildman–Crippen LogP) is -37.2. The van der Waals surface area contributed by atoms with E-state index in [0.29, 0.717) is 0 Å². The molecule has 0 spiro atoms. The Hall–Kier alpha value is 13.6. The SMILES string of the molecule is O=S([O-])O[C@H]1[C@H](OS(=O)(=O)[O-])[C@@H](OS(=O)(=O)[O-])[C@H](O[C@@H]([C@H](OS(=O)(=O)[O-])[C@H](COS(=O)(=O)[O-])OS(=O)(=O)[O-])[C@@H](COS(=O)(=O)[O-])OS(=O)(=O)[O-])O[C@@H]1COS(=O)(=O)[O-].[K+].[K+].[K+].[K+].[K+].[K+].[K+].[K+].[K+].[OH-]. The molecule has 356 valence electrons. The van der Waals surface area contributed by atoms with E-state index in [1.54, 1.807) is 0 Å². The maximum Gasteiger partial charge on any atom is 1.00 e. The molecule has 0 bridgehead atoms. The molecule has 56 heteroatoms. The Morgan fingerprint density at radius 2 is 0.765 bits per heavy atom. The summed E-state index contributed by atoms with van der Waals surface area (Å²) in [6.45, 7) is -7.14. The zero-order valence-electron chi connectivity index (χ0n) is 35.5. The van der Waals surface area contributed by atoms with Crippen LogP contribution in [0.2, 0.25) is 0 Å². The van der Waals surface area contributed by atoms with Gasteiger partial charge in [0.15, 0.2) is 12.4 Å². The summed E-state index contributed by atoms with van der Waals surface area (Å²) in [6.07, 6.45) is -32.6. The average molecular weight is 1410 g/mol. The van der Waals surface area contributed by atoms with Gasteiger partial charge in [0.05, 0.1) is 31.2 Å². The maximum absolute atomic E-state index is 11.8. The van der Waals surface area contributed by atoms with Crippen LogP contribution in [0.4, 0.5) is 0 Å². The molecule has 1 fully saturated rings. The molecule has 1 aliphatic rings. The second-order valence-corrected chi connectivity index (χ2v) is 18.3. The van der Waals surface area contributed by atoms with E-state index in [1.165, 1.54) is 0 Å². The summed E-state index contributed by atoms with van der Waals surface area (Å²) < 4.78 is 341. The van der Waals surface area contributed by atoms with E-state index < -0.39 is 169 Å². The minimum Gasteiger partial charge on any atom is -0.870 e. The van der Waals surface area contributed by atoms with E-state index in [2.05, 4.69) is 37.6 Å². The van der Waals surface area contributed by atoms with Crippen LogP contribution in [0.1, 0.15) is 0 Å². The third-order valence-electron chi connectivity index (χ3n) is 5.43. The van der Waals surface area contributed by atoms with Crippen LogP contribution in [-0.2, 0) is 142 Å². The molecule has 0 saturated carbocycles. The largest absolute Gasteiger partial charge is 1.00 e. The molecular formula is C12H16K9O38S9-. The second kappa shape index (κ2) is 45.8. The Kier molecular flexibility index (Phi) is 69.7. The van der Waals surface area contributed by atoms with Gasteiger partial charge in [-0.15, -0.1) is 0 Å². The van der Waals surface area contributed by atoms with Crippen molar-refractivity contribution in [3.8, 4) is 0 Å². The summed E-state index contributed by atoms with van der Waals surface area (Å²) in [6, 6.07) is 0. The molecule has 0 amide bonds. The van der Waals surface area contributed by atoms with Gasteiger partial charge in [0.1, 0.15) is 42.7 Å². The van der Waals surface area contributed by atoms with E-state index in [4.69, 9.17) is 9.47 Å². The molecule has 10 atom stereocenters. The first-order chi connectivity index (χ1) is 25.5. The smallest absolute Gasteiger partial charge is 0.870 e. The fraction of sp³-hybridized carbons (Fsp3) is 1.00. The summed E-state index contributed by atoms with van der Waals surface area (Å²) in [5, 5.41) is 0. The van der Waals surface area contributed by atoms with Gasteiger partial charge in [0.2, 0.25) is 83.2 Å². The Morgan fingerprint density at radius 1 is 0.441 bits per heavy atom. The molecule has 1 N–H and O–H groups in total. The van der Waals surface area contributed by atoms with Gasteiger partial charge in [-0.1, -0.05) is 0 Å². The van der Waals surface area contributed by atoms with Crippen molar-refractivity contribution in [1.29, 1.82) is 0 Å². The maximum atomic E-state index is 11.8. The normalized spacial score (nSPS) is 21.1. The fourth-order valence-corrected chi connectivity index (χ4v) is 7.64. The van der Waals surface area contributed by atoms with Gasteiger partial charge in [-0.3, -0.25) is 37.6 Å². The molecular weight excluding hydrogens is 1390 g/mol. The molecule has 0 aromatic heterocycles. The molecule has 1 rings (SSSR count). The Labute approximate surface area is 773 Å².